The lowest BCUT2D eigenvalue weighted by Crippen LogP contribution is -3.00. The van der Waals surface area contributed by atoms with E-state index in [1.54, 1.807) is 12.1 Å². The number of halogens is 2. The van der Waals surface area contributed by atoms with Crippen molar-refractivity contribution in [3.05, 3.63) is 96.6 Å². The highest BCUT2D eigenvalue weighted by atomic mass is 79.9. The predicted octanol–water partition coefficient (Wildman–Crippen LogP) is 1.45. The van der Waals surface area contributed by atoms with E-state index in [1.165, 1.54) is 34.2 Å². The van der Waals surface area contributed by atoms with Gasteiger partial charge in [-0.05, 0) is 34.5 Å². The molecule has 0 spiro atoms. The van der Waals surface area contributed by atoms with E-state index < -0.39 is 18.0 Å². The van der Waals surface area contributed by atoms with E-state index in [2.05, 4.69) is 40.2 Å². The summed E-state index contributed by atoms with van der Waals surface area (Å²) < 4.78 is 22.4. The molecule has 2 heterocycles. The lowest BCUT2D eigenvalue weighted by atomic mass is 10.0. The average molecular weight is 550 g/mol. The minimum Gasteiger partial charge on any atom is -1.00 e. The second kappa shape index (κ2) is 10.9. The zero-order chi connectivity index (χ0) is 24.4. The van der Waals surface area contributed by atoms with Gasteiger partial charge in [-0.3, -0.25) is 9.69 Å². The Kier molecular flexibility index (Phi) is 7.64. The van der Waals surface area contributed by atoms with Crippen LogP contribution in [0.1, 0.15) is 12.5 Å². The third kappa shape index (κ3) is 5.39. The molecule has 1 atom stereocenters. The number of hydrogen-bond donors (Lipinski definition) is 1. The van der Waals surface area contributed by atoms with Gasteiger partial charge in [0, 0.05) is 30.2 Å². The van der Waals surface area contributed by atoms with Crippen molar-refractivity contribution in [3.63, 3.8) is 0 Å². The molecule has 0 bridgehead atoms. The smallest absolute Gasteiger partial charge is 0.414 e. The minimum absolute atomic E-state index is 0. The van der Waals surface area contributed by atoms with Crippen LogP contribution in [-0.2, 0) is 16.1 Å². The summed E-state index contributed by atoms with van der Waals surface area (Å²) in [5.74, 6) is -0.622. The van der Waals surface area contributed by atoms with Crippen LogP contribution in [0.25, 0.3) is 21.9 Å². The molecular weight excluding hydrogens is 525 g/mol. The maximum atomic E-state index is 15.0. The van der Waals surface area contributed by atoms with Gasteiger partial charge in [0.2, 0.25) is 5.91 Å². The number of aromatic nitrogens is 1. The Morgan fingerprint density at radius 2 is 1.83 bits per heavy atom. The summed E-state index contributed by atoms with van der Waals surface area (Å²) in [4.78, 5) is 24.7. The molecule has 0 saturated carbocycles. The number of rotatable bonds is 6. The molecule has 1 fully saturated rings. The fourth-order valence-electron chi connectivity index (χ4n) is 4.37. The van der Waals surface area contributed by atoms with Gasteiger partial charge < -0.3 is 27.0 Å². The number of ether oxygens (including phenoxy) is 1. The lowest BCUT2D eigenvalue weighted by molar-refractivity contribution is -0.688. The summed E-state index contributed by atoms with van der Waals surface area (Å²) in [6, 6.07) is 23.1. The molecule has 0 aliphatic carbocycles. The average Bonchev–Trinajstić information content (AvgIpc) is 3.24. The summed E-state index contributed by atoms with van der Waals surface area (Å²) in [7, 11) is 0. The molecule has 2 amide bonds. The molecule has 4 aromatic rings. The number of carbonyl (C=O) groups excluding carboxylic acids is 2. The summed E-state index contributed by atoms with van der Waals surface area (Å²) >= 11 is 0. The zero-order valence-electron chi connectivity index (χ0n) is 19.7. The first kappa shape index (κ1) is 25.3. The van der Waals surface area contributed by atoms with Crippen molar-refractivity contribution in [1.29, 1.82) is 0 Å². The molecular formula is C28H25BrFN3O3. The van der Waals surface area contributed by atoms with Crippen molar-refractivity contribution < 1.29 is 40.3 Å². The van der Waals surface area contributed by atoms with Crippen LogP contribution in [0.4, 0.5) is 14.9 Å². The van der Waals surface area contributed by atoms with Gasteiger partial charge in [-0.15, -0.1) is 0 Å². The number of pyridine rings is 1. The third-order valence-electron chi connectivity index (χ3n) is 6.15. The van der Waals surface area contributed by atoms with Crippen molar-refractivity contribution in [2.75, 3.05) is 18.0 Å². The Bertz CT molecular complexity index is 1410. The van der Waals surface area contributed by atoms with E-state index in [1.807, 2.05) is 36.7 Å². The number of carbonyl (C=O) groups is 2. The highest BCUT2D eigenvalue weighted by Gasteiger charge is 2.32. The maximum Gasteiger partial charge on any atom is 0.414 e. The Morgan fingerprint density at radius 1 is 1.08 bits per heavy atom. The minimum atomic E-state index is -0.554. The molecule has 1 aliphatic heterocycles. The fourth-order valence-corrected chi connectivity index (χ4v) is 4.37. The van der Waals surface area contributed by atoms with E-state index >= 15 is 4.39 Å². The molecule has 1 aromatic heterocycles. The van der Waals surface area contributed by atoms with Gasteiger partial charge in [0.1, 0.15) is 11.9 Å². The summed E-state index contributed by atoms with van der Waals surface area (Å²) in [5.41, 5.74) is 2.83. The van der Waals surface area contributed by atoms with Crippen LogP contribution >= 0.6 is 0 Å². The molecule has 3 aromatic carbocycles. The second-order valence-electron chi connectivity index (χ2n) is 8.62. The fraction of sp³-hybridized carbons (Fsp3) is 0.179. The summed E-state index contributed by atoms with van der Waals surface area (Å²) in [6.07, 6.45) is 2.85. The first-order valence-corrected chi connectivity index (χ1v) is 11.5. The largest absolute Gasteiger partial charge is 1.00 e. The molecule has 1 saturated heterocycles. The predicted molar refractivity (Wildman–Crippen MR) is 131 cm³/mol. The first-order chi connectivity index (χ1) is 17.0. The van der Waals surface area contributed by atoms with Gasteiger partial charge in [0.15, 0.2) is 18.9 Å². The first-order valence-electron chi connectivity index (χ1n) is 11.5. The van der Waals surface area contributed by atoms with E-state index in [-0.39, 0.29) is 36.0 Å². The number of cyclic esters (lactones) is 1. The van der Waals surface area contributed by atoms with E-state index in [0.29, 0.717) is 17.8 Å². The van der Waals surface area contributed by atoms with Crippen LogP contribution in [0, 0.1) is 5.82 Å². The number of fused-ring (bicyclic) bond motifs is 1. The third-order valence-corrected chi connectivity index (χ3v) is 6.15. The van der Waals surface area contributed by atoms with Crippen LogP contribution in [-0.4, -0.2) is 31.2 Å². The molecule has 0 radical (unpaired) electrons. The molecule has 1 N–H and O–H groups in total. The topological polar surface area (TPSA) is 62.5 Å². The number of nitrogens with zero attached hydrogens (tertiary/aromatic N) is 2. The molecule has 8 heteroatoms. The Hall–Kier alpha value is -3.78. The van der Waals surface area contributed by atoms with Crippen molar-refractivity contribution in [1.82, 2.24) is 5.32 Å². The van der Waals surface area contributed by atoms with Crippen molar-refractivity contribution in [2.45, 2.75) is 19.6 Å². The van der Waals surface area contributed by atoms with E-state index in [4.69, 9.17) is 4.74 Å². The van der Waals surface area contributed by atoms with Crippen molar-refractivity contribution >= 4 is 28.5 Å². The maximum absolute atomic E-state index is 15.0. The molecule has 1 unspecified atom stereocenters. The van der Waals surface area contributed by atoms with Gasteiger partial charge in [-0.25, -0.2) is 13.8 Å². The Labute approximate surface area is 219 Å². The van der Waals surface area contributed by atoms with Crippen LogP contribution in [0.3, 0.4) is 0 Å². The monoisotopic (exact) mass is 549 g/mol. The van der Waals surface area contributed by atoms with Crippen molar-refractivity contribution in [3.8, 4) is 11.1 Å². The molecule has 184 valence electrons. The van der Waals surface area contributed by atoms with Crippen LogP contribution in [0.5, 0.6) is 0 Å². The lowest BCUT2D eigenvalue weighted by Gasteiger charge is -2.14. The molecule has 1 aliphatic rings. The summed E-state index contributed by atoms with van der Waals surface area (Å²) in [6.45, 7) is 2.58. The molecule has 36 heavy (non-hydrogen) atoms. The van der Waals surface area contributed by atoms with Crippen molar-refractivity contribution in [2.24, 2.45) is 0 Å². The summed E-state index contributed by atoms with van der Waals surface area (Å²) in [5, 5.41) is 5.05. The quantitative estimate of drug-likeness (QED) is 0.370. The molecule has 6 nitrogen and oxygen atoms in total. The highest BCUT2D eigenvalue weighted by molar-refractivity contribution is 5.90. The van der Waals surface area contributed by atoms with Gasteiger partial charge >= 0.3 is 6.09 Å². The van der Waals surface area contributed by atoms with Crippen LogP contribution in [0.15, 0.2) is 85.2 Å². The normalized spacial score (nSPS) is 14.9. The van der Waals surface area contributed by atoms with Gasteiger partial charge in [0.05, 0.1) is 18.8 Å². The second-order valence-corrected chi connectivity index (χ2v) is 8.62. The number of hydrogen-bond acceptors (Lipinski definition) is 3. The van der Waals surface area contributed by atoms with Gasteiger partial charge in [-0.1, -0.05) is 42.5 Å². The number of amides is 2. The van der Waals surface area contributed by atoms with Crippen LogP contribution < -0.4 is 31.8 Å². The van der Waals surface area contributed by atoms with E-state index in [0.717, 1.165) is 5.56 Å². The highest BCUT2D eigenvalue weighted by Crippen LogP contribution is 2.29. The van der Waals surface area contributed by atoms with E-state index in [9.17, 15) is 9.59 Å². The molecule has 5 rings (SSSR count). The number of anilines is 1. The van der Waals surface area contributed by atoms with Gasteiger partial charge in [-0.2, -0.15) is 0 Å². The Balaban J connectivity index is 0.00000304. The standard InChI is InChI=1S/C28H24FN3O3.BrH/c1-19(33)30-16-24-18-32(28(34)35-24)23-9-10-26(27(29)15-23)21-11-13-31(14-12-21)17-22-7-4-6-20-5-2-3-8-25(20)22;/h2-15,24H,16-18H2,1H3;1H. The zero-order valence-corrected chi connectivity index (χ0v) is 21.2. The SMILES string of the molecule is CC(=O)NCC1CN(c2ccc(-c3cc[n+](Cc4cccc5ccccc45)cc3)c(F)c2)C(=O)O1.[Br-]. The Morgan fingerprint density at radius 3 is 2.58 bits per heavy atom. The number of nitrogens with one attached hydrogen (secondary N) is 1. The number of benzene rings is 3. The van der Waals surface area contributed by atoms with Gasteiger partial charge in [0.25, 0.3) is 0 Å². The van der Waals surface area contributed by atoms with Crippen LogP contribution in [0.2, 0.25) is 0 Å².